The number of methoxy groups -OCH3 is 2. The molecule has 1 aromatic heterocycles. The molecule has 96 valence electrons. The fourth-order valence-corrected chi connectivity index (χ4v) is 2.44. The number of hydrogen-bond acceptors (Lipinski definition) is 5. The Bertz CT molecular complexity index is 581. The van der Waals surface area contributed by atoms with Crippen LogP contribution < -0.4 is 15.2 Å². The van der Waals surface area contributed by atoms with Crippen molar-refractivity contribution in [3.8, 4) is 22.6 Å². The van der Waals surface area contributed by atoms with Crippen molar-refractivity contribution < 1.29 is 14.0 Å². The van der Waals surface area contributed by atoms with E-state index < -0.39 is 0 Å². The predicted octanol–water partition coefficient (Wildman–Crippen LogP) is 3.01. The molecule has 0 radical (unpaired) electrons. The lowest BCUT2D eigenvalue weighted by Crippen LogP contribution is -1.97. The van der Waals surface area contributed by atoms with Crippen molar-refractivity contribution in [2.75, 3.05) is 20.0 Å². The van der Waals surface area contributed by atoms with Gasteiger partial charge in [0, 0.05) is 5.56 Å². The molecule has 1 aromatic carbocycles. The molecule has 0 atom stereocenters. The van der Waals surface area contributed by atoms with Crippen molar-refractivity contribution in [3.63, 3.8) is 0 Å². The number of nitrogens with two attached hydrogens (primary N) is 1. The molecular weight excluding hydrogens is 300 g/mol. The maximum Gasteiger partial charge on any atom is 0.229 e. The third-order valence-corrected chi connectivity index (χ3v) is 3.32. The normalized spacial score (nSPS) is 10.4. The van der Waals surface area contributed by atoms with Gasteiger partial charge in [-0.15, -0.1) is 0 Å². The van der Waals surface area contributed by atoms with E-state index in [0.717, 1.165) is 21.2 Å². The largest absolute Gasteiger partial charge is 0.493 e. The molecule has 6 heteroatoms. The molecule has 0 aliphatic carbocycles. The van der Waals surface area contributed by atoms with Crippen LogP contribution >= 0.6 is 15.9 Å². The monoisotopic (exact) mass is 312 g/mol. The van der Waals surface area contributed by atoms with Gasteiger partial charge in [0.15, 0.2) is 11.5 Å². The molecule has 2 rings (SSSR count). The van der Waals surface area contributed by atoms with Crippen LogP contribution in [0.3, 0.4) is 0 Å². The molecule has 5 nitrogen and oxygen atoms in total. The van der Waals surface area contributed by atoms with Crippen molar-refractivity contribution in [3.05, 3.63) is 22.3 Å². The first-order valence-corrected chi connectivity index (χ1v) is 6.01. The Hall–Kier alpha value is -1.69. The number of benzene rings is 1. The summed E-state index contributed by atoms with van der Waals surface area (Å²) in [5.41, 5.74) is 8.26. The average Bonchev–Trinajstić information content (AvgIpc) is 2.77. The highest BCUT2D eigenvalue weighted by molar-refractivity contribution is 9.10. The van der Waals surface area contributed by atoms with Crippen LogP contribution in [0.1, 0.15) is 5.56 Å². The van der Waals surface area contributed by atoms with Crippen LogP contribution in [-0.2, 0) is 0 Å². The van der Waals surface area contributed by atoms with Gasteiger partial charge in [0.2, 0.25) is 5.88 Å². The number of nitrogen functional groups attached to an aromatic ring is 1. The van der Waals surface area contributed by atoms with Gasteiger partial charge >= 0.3 is 0 Å². The Morgan fingerprint density at radius 1 is 1.22 bits per heavy atom. The van der Waals surface area contributed by atoms with Gasteiger partial charge in [0.25, 0.3) is 0 Å². The Morgan fingerprint density at radius 3 is 2.39 bits per heavy atom. The summed E-state index contributed by atoms with van der Waals surface area (Å²) in [5.74, 6) is 1.58. The number of rotatable bonds is 3. The van der Waals surface area contributed by atoms with Crippen LogP contribution in [0.15, 0.2) is 21.3 Å². The van der Waals surface area contributed by atoms with Gasteiger partial charge in [-0.1, -0.05) is 5.16 Å². The third-order valence-electron chi connectivity index (χ3n) is 2.74. The van der Waals surface area contributed by atoms with E-state index in [-0.39, 0.29) is 5.88 Å². The SMILES string of the molecule is COc1c(Br)cc(-c2cnoc2N)c(C)c1OC. The van der Waals surface area contributed by atoms with Gasteiger partial charge in [-0.3, -0.25) is 0 Å². The zero-order chi connectivity index (χ0) is 13.3. The maximum absolute atomic E-state index is 5.74. The quantitative estimate of drug-likeness (QED) is 0.943. The van der Waals surface area contributed by atoms with Crippen molar-refractivity contribution in [2.45, 2.75) is 6.92 Å². The minimum absolute atomic E-state index is 0.275. The summed E-state index contributed by atoms with van der Waals surface area (Å²) in [6.07, 6.45) is 1.58. The molecule has 0 saturated carbocycles. The smallest absolute Gasteiger partial charge is 0.229 e. The van der Waals surface area contributed by atoms with E-state index >= 15 is 0 Å². The Kier molecular flexibility index (Phi) is 3.47. The molecule has 0 aliphatic heterocycles. The molecule has 0 bridgehead atoms. The third kappa shape index (κ3) is 1.92. The van der Waals surface area contributed by atoms with Crippen molar-refractivity contribution >= 4 is 21.8 Å². The van der Waals surface area contributed by atoms with Crippen molar-refractivity contribution in [1.82, 2.24) is 5.16 Å². The number of hydrogen-bond donors (Lipinski definition) is 1. The summed E-state index contributed by atoms with van der Waals surface area (Å²) in [6.45, 7) is 1.93. The summed E-state index contributed by atoms with van der Waals surface area (Å²) >= 11 is 3.45. The van der Waals surface area contributed by atoms with E-state index in [1.807, 2.05) is 13.0 Å². The molecule has 0 spiro atoms. The highest BCUT2D eigenvalue weighted by Crippen LogP contribution is 2.44. The van der Waals surface area contributed by atoms with E-state index in [9.17, 15) is 0 Å². The van der Waals surface area contributed by atoms with Crippen LogP contribution in [0.25, 0.3) is 11.1 Å². The fraction of sp³-hybridized carbons (Fsp3) is 0.250. The number of nitrogens with zero attached hydrogens (tertiary/aromatic N) is 1. The minimum atomic E-state index is 0.275. The van der Waals surface area contributed by atoms with Crippen LogP contribution in [0, 0.1) is 6.92 Å². The van der Waals surface area contributed by atoms with Crippen molar-refractivity contribution in [2.24, 2.45) is 0 Å². The fourth-order valence-electron chi connectivity index (χ4n) is 1.87. The van der Waals surface area contributed by atoms with Crippen LogP contribution in [0.5, 0.6) is 11.5 Å². The summed E-state index contributed by atoms with van der Waals surface area (Å²) in [7, 11) is 3.19. The molecule has 2 N–H and O–H groups in total. The molecular formula is C12H13BrN2O3. The second-order valence-electron chi connectivity index (χ2n) is 3.70. The van der Waals surface area contributed by atoms with Crippen LogP contribution in [0.4, 0.5) is 5.88 Å². The Labute approximate surface area is 113 Å². The van der Waals surface area contributed by atoms with E-state index in [1.165, 1.54) is 0 Å². The first kappa shape index (κ1) is 12.8. The van der Waals surface area contributed by atoms with Gasteiger partial charge in [-0.25, -0.2) is 0 Å². The van der Waals surface area contributed by atoms with E-state index in [1.54, 1.807) is 20.4 Å². The van der Waals surface area contributed by atoms with E-state index in [2.05, 4.69) is 21.1 Å². The molecule has 18 heavy (non-hydrogen) atoms. The number of anilines is 1. The topological polar surface area (TPSA) is 70.5 Å². The van der Waals surface area contributed by atoms with Gasteiger partial charge < -0.3 is 19.7 Å². The van der Waals surface area contributed by atoms with Gasteiger partial charge in [0.1, 0.15) is 0 Å². The zero-order valence-corrected chi connectivity index (χ0v) is 11.9. The lowest BCUT2D eigenvalue weighted by atomic mass is 10.0. The first-order chi connectivity index (χ1) is 8.60. The molecule has 2 aromatic rings. The molecule has 0 fully saturated rings. The molecule has 0 saturated heterocycles. The highest BCUT2D eigenvalue weighted by Gasteiger charge is 2.19. The molecule has 0 amide bonds. The number of aromatic nitrogens is 1. The highest BCUT2D eigenvalue weighted by atomic mass is 79.9. The van der Waals surface area contributed by atoms with Crippen LogP contribution in [0.2, 0.25) is 0 Å². The number of halogens is 1. The maximum atomic E-state index is 5.74. The van der Waals surface area contributed by atoms with E-state index in [4.69, 9.17) is 19.7 Å². The summed E-state index contributed by atoms with van der Waals surface area (Å²) in [6, 6.07) is 1.90. The van der Waals surface area contributed by atoms with E-state index in [0.29, 0.717) is 11.5 Å². The van der Waals surface area contributed by atoms with Gasteiger partial charge in [-0.2, -0.15) is 0 Å². The second-order valence-corrected chi connectivity index (χ2v) is 4.56. The molecule has 1 heterocycles. The average molecular weight is 313 g/mol. The van der Waals surface area contributed by atoms with Crippen LogP contribution in [-0.4, -0.2) is 19.4 Å². The first-order valence-electron chi connectivity index (χ1n) is 5.21. The lowest BCUT2D eigenvalue weighted by Gasteiger charge is -2.15. The van der Waals surface area contributed by atoms with Crippen molar-refractivity contribution in [1.29, 1.82) is 0 Å². The van der Waals surface area contributed by atoms with Gasteiger partial charge in [-0.05, 0) is 34.5 Å². The summed E-state index contributed by atoms with van der Waals surface area (Å²) in [4.78, 5) is 0. The standard InChI is InChI=1S/C12H13BrN2O3/c1-6-7(8-5-15-18-12(8)14)4-9(13)11(17-3)10(6)16-2/h4-5H,14H2,1-3H3. The molecule has 0 unspecified atom stereocenters. The van der Waals surface area contributed by atoms with Gasteiger partial charge in [0.05, 0.1) is 30.5 Å². The summed E-state index contributed by atoms with van der Waals surface area (Å²) < 4.78 is 16.4. The Balaban J connectivity index is 2.71. The zero-order valence-electron chi connectivity index (χ0n) is 10.3. The number of ether oxygens (including phenoxy) is 2. The Morgan fingerprint density at radius 2 is 1.89 bits per heavy atom. The lowest BCUT2D eigenvalue weighted by molar-refractivity contribution is 0.351. The second kappa shape index (κ2) is 4.89. The predicted molar refractivity (Wildman–Crippen MR) is 71.9 cm³/mol. The summed E-state index contributed by atoms with van der Waals surface area (Å²) in [5, 5.41) is 3.68. The minimum Gasteiger partial charge on any atom is -0.493 e. The molecule has 0 aliphatic rings.